The van der Waals surface area contributed by atoms with Gasteiger partial charge in [-0.15, -0.1) is 0 Å². The quantitative estimate of drug-likeness (QED) is 0.874. The Morgan fingerprint density at radius 1 is 1.10 bits per heavy atom. The van der Waals surface area contributed by atoms with Gasteiger partial charge in [-0.2, -0.15) is 0 Å². The van der Waals surface area contributed by atoms with Crippen molar-refractivity contribution in [1.29, 1.82) is 0 Å². The predicted molar refractivity (Wildman–Crippen MR) is 85.7 cm³/mol. The minimum Gasteiger partial charge on any atom is -0.390 e. The van der Waals surface area contributed by atoms with Gasteiger partial charge in [0, 0.05) is 27.7 Å². The average molecular weight is 326 g/mol. The lowest BCUT2D eigenvalue weighted by Crippen LogP contribution is -2.64. The van der Waals surface area contributed by atoms with Crippen molar-refractivity contribution in [3.8, 4) is 0 Å². The van der Waals surface area contributed by atoms with Crippen molar-refractivity contribution in [1.82, 2.24) is 5.32 Å². The monoisotopic (exact) mass is 325 g/mol. The van der Waals surface area contributed by atoms with Crippen LogP contribution in [0, 0.1) is 11.8 Å². The van der Waals surface area contributed by atoms with E-state index < -0.39 is 5.60 Å². The first-order chi connectivity index (χ1) is 9.97. The summed E-state index contributed by atoms with van der Waals surface area (Å²) in [4.78, 5) is 0. The van der Waals surface area contributed by atoms with Gasteiger partial charge in [0.05, 0.1) is 5.60 Å². The lowest BCUT2D eigenvalue weighted by atomic mass is 9.51. The second-order valence-electron chi connectivity index (χ2n) is 7.52. The summed E-state index contributed by atoms with van der Waals surface area (Å²) in [5.41, 5.74) is 0.631. The van der Waals surface area contributed by atoms with E-state index >= 15 is 0 Å². The van der Waals surface area contributed by atoms with E-state index in [2.05, 4.69) is 5.32 Å². The van der Waals surface area contributed by atoms with Gasteiger partial charge in [-0.25, -0.2) is 0 Å². The zero-order valence-electron chi connectivity index (χ0n) is 12.0. The van der Waals surface area contributed by atoms with Gasteiger partial charge in [0.25, 0.3) is 0 Å². The molecular formula is C17H21Cl2NO. The summed E-state index contributed by atoms with van der Waals surface area (Å²) in [6, 6.07) is 5.65. The Morgan fingerprint density at radius 3 is 2.29 bits per heavy atom. The number of halogens is 2. The van der Waals surface area contributed by atoms with Gasteiger partial charge >= 0.3 is 0 Å². The number of hydrogen-bond donors (Lipinski definition) is 2. The molecule has 0 saturated heterocycles. The van der Waals surface area contributed by atoms with E-state index in [1.54, 1.807) is 0 Å². The van der Waals surface area contributed by atoms with E-state index in [0.717, 1.165) is 34.9 Å². The second kappa shape index (κ2) is 4.86. The van der Waals surface area contributed by atoms with Crippen LogP contribution in [0.25, 0.3) is 0 Å². The largest absolute Gasteiger partial charge is 0.390 e. The maximum absolute atomic E-state index is 10.8. The molecule has 0 radical (unpaired) electrons. The minimum absolute atomic E-state index is 0.0847. The molecule has 0 heterocycles. The molecule has 1 aromatic rings. The van der Waals surface area contributed by atoms with E-state index in [-0.39, 0.29) is 5.54 Å². The Kier molecular flexibility index (Phi) is 3.31. The van der Waals surface area contributed by atoms with Crippen molar-refractivity contribution < 1.29 is 5.11 Å². The third-order valence-corrected chi connectivity index (χ3v) is 6.44. The van der Waals surface area contributed by atoms with E-state index in [1.807, 2.05) is 18.2 Å². The molecule has 4 fully saturated rings. The van der Waals surface area contributed by atoms with E-state index in [0.29, 0.717) is 18.4 Å². The number of benzene rings is 1. The topological polar surface area (TPSA) is 32.3 Å². The van der Waals surface area contributed by atoms with Crippen LogP contribution in [0.4, 0.5) is 0 Å². The molecule has 4 bridgehead atoms. The van der Waals surface area contributed by atoms with E-state index in [9.17, 15) is 5.11 Å². The first-order valence-corrected chi connectivity index (χ1v) is 8.63. The number of nitrogens with one attached hydrogen (secondary N) is 1. The maximum atomic E-state index is 10.8. The fourth-order valence-electron chi connectivity index (χ4n) is 5.40. The molecule has 0 aliphatic heterocycles. The van der Waals surface area contributed by atoms with Gasteiger partial charge in [0.2, 0.25) is 0 Å². The molecule has 4 heteroatoms. The average Bonchev–Trinajstić information content (AvgIpc) is 2.34. The van der Waals surface area contributed by atoms with E-state index in [1.165, 1.54) is 19.3 Å². The summed E-state index contributed by atoms with van der Waals surface area (Å²) in [6.07, 6.45) is 6.56. The Hall–Kier alpha value is -0.280. The van der Waals surface area contributed by atoms with Gasteiger partial charge in [0.15, 0.2) is 0 Å². The Morgan fingerprint density at radius 2 is 1.71 bits per heavy atom. The molecule has 2 atom stereocenters. The lowest BCUT2D eigenvalue weighted by molar-refractivity contribution is -0.142. The summed E-state index contributed by atoms with van der Waals surface area (Å²) < 4.78 is 0. The molecule has 5 rings (SSSR count). The predicted octanol–water partition coefficient (Wildman–Crippen LogP) is 4.17. The zero-order valence-corrected chi connectivity index (χ0v) is 13.6. The van der Waals surface area contributed by atoms with Crippen molar-refractivity contribution >= 4 is 23.2 Å². The molecule has 1 aromatic carbocycles. The molecule has 4 aliphatic carbocycles. The van der Waals surface area contributed by atoms with Crippen LogP contribution < -0.4 is 5.32 Å². The van der Waals surface area contributed by atoms with Gasteiger partial charge in [0.1, 0.15) is 0 Å². The fourth-order valence-corrected chi connectivity index (χ4v) is 5.93. The first-order valence-electron chi connectivity index (χ1n) is 7.87. The number of hydrogen-bond acceptors (Lipinski definition) is 2. The molecule has 2 nitrogen and oxygen atoms in total. The summed E-state index contributed by atoms with van der Waals surface area (Å²) in [5, 5.41) is 15.9. The van der Waals surface area contributed by atoms with Crippen molar-refractivity contribution in [3.63, 3.8) is 0 Å². The smallest absolute Gasteiger partial charge is 0.0670 e. The summed E-state index contributed by atoms with van der Waals surface area (Å²) in [6.45, 7) is 0.689. The van der Waals surface area contributed by atoms with Crippen LogP contribution in [0.1, 0.15) is 44.1 Å². The zero-order chi connectivity index (χ0) is 14.7. The molecule has 0 spiro atoms. The molecular weight excluding hydrogens is 305 g/mol. The maximum Gasteiger partial charge on any atom is 0.0670 e. The van der Waals surface area contributed by atoms with Crippen LogP contribution in [0.5, 0.6) is 0 Å². The van der Waals surface area contributed by atoms with Crippen molar-refractivity contribution in [2.24, 2.45) is 11.8 Å². The van der Waals surface area contributed by atoms with Crippen molar-refractivity contribution in [3.05, 3.63) is 33.8 Å². The molecule has 2 N–H and O–H groups in total. The molecule has 114 valence electrons. The van der Waals surface area contributed by atoms with Crippen LogP contribution in [-0.2, 0) is 6.54 Å². The van der Waals surface area contributed by atoms with Crippen LogP contribution >= 0.6 is 23.2 Å². The summed E-state index contributed by atoms with van der Waals surface area (Å²) in [7, 11) is 0. The molecule has 4 saturated carbocycles. The van der Waals surface area contributed by atoms with Crippen LogP contribution in [-0.4, -0.2) is 16.2 Å². The first kappa shape index (κ1) is 14.3. The van der Waals surface area contributed by atoms with Crippen molar-refractivity contribution in [2.45, 2.75) is 56.2 Å². The van der Waals surface area contributed by atoms with Crippen LogP contribution in [0.3, 0.4) is 0 Å². The van der Waals surface area contributed by atoms with Crippen molar-refractivity contribution in [2.75, 3.05) is 0 Å². The second-order valence-corrected chi connectivity index (χ2v) is 8.33. The molecule has 21 heavy (non-hydrogen) atoms. The highest BCUT2D eigenvalue weighted by molar-refractivity contribution is 6.35. The van der Waals surface area contributed by atoms with E-state index in [4.69, 9.17) is 23.2 Å². The van der Waals surface area contributed by atoms with Gasteiger partial charge in [-0.1, -0.05) is 29.3 Å². The Labute approximate surface area is 135 Å². The lowest BCUT2D eigenvalue weighted by Gasteiger charge is -2.60. The highest BCUT2D eigenvalue weighted by Crippen LogP contribution is 2.57. The Bertz CT molecular complexity index is 540. The van der Waals surface area contributed by atoms with Gasteiger partial charge in [-0.3, -0.25) is 0 Å². The molecule has 4 aliphatic rings. The highest BCUT2D eigenvalue weighted by atomic mass is 35.5. The minimum atomic E-state index is -0.429. The standard InChI is InChI=1S/C17H21Cl2NO/c18-14-2-1-3-15(19)13(14)9-20-16-5-11-4-12(6-16)8-17(21,7-11)10-16/h1-3,11-12,20-21H,4-10H2. The van der Waals surface area contributed by atoms with Crippen LogP contribution in [0.2, 0.25) is 10.0 Å². The molecule has 0 aromatic heterocycles. The third-order valence-electron chi connectivity index (χ3n) is 5.73. The van der Waals surface area contributed by atoms with Crippen LogP contribution in [0.15, 0.2) is 18.2 Å². The third kappa shape index (κ3) is 2.50. The number of aliphatic hydroxyl groups is 1. The van der Waals surface area contributed by atoms with Gasteiger partial charge < -0.3 is 10.4 Å². The highest BCUT2D eigenvalue weighted by Gasteiger charge is 2.56. The summed E-state index contributed by atoms with van der Waals surface area (Å²) in [5.74, 6) is 1.37. The molecule has 2 unspecified atom stereocenters. The number of rotatable bonds is 3. The fraction of sp³-hybridized carbons (Fsp3) is 0.647. The normalized spacial score (nSPS) is 40.7. The molecule has 0 amide bonds. The van der Waals surface area contributed by atoms with Gasteiger partial charge in [-0.05, 0) is 62.5 Å². The SMILES string of the molecule is OC12CC3CC(C1)CC(NCc1c(Cl)cccc1Cl)(C3)C2. The summed E-state index contributed by atoms with van der Waals surface area (Å²) >= 11 is 12.5. The Balaban J connectivity index is 1.55.